The fourth-order valence-electron chi connectivity index (χ4n) is 3.77. The number of nitrogens with two attached hydrogens (primary N) is 1. The minimum absolute atomic E-state index is 0. The molecule has 1 heterocycles. The second-order valence-corrected chi connectivity index (χ2v) is 7.03. The highest BCUT2D eigenvalue weighted by molar-refractivity contribution is 5.85. The lowest BCUT2D eigenvalue weighted by Gasteiger charge is -2.44. The largest absolute Gasteiger partial charge is 0.351 e. The van der Waals surface area contributed by atoms with Crippen molar-refractivity contribution in [1.29, 1.82) is 0 Å². The number of hydrogen-bond acceptors (Lipinski definition) is 4. The number of nitrogens with zero attached hydrogens (tertiary/aromatic N) is 2. The number of likely N-dealkylation sites (tertiary alicyclic amines) is 1. The zero-order valence-corrected chi connectivity index (χ0v) is 16.7. The van der Waals surface area contributed by atoms with Crippen molar-refractivity contribution in [2.24, 2.45) is 5.73 Å². The molecular weight excluding hydrogens is 351 g/mol. The number of nitrogens with one attached hydrogen (secondary N) is 1. The Labute approximate surface area is 157 Å². The van der Waals surface area contributed by atoms with Gasteiger partial charge in [0.15, 0.2) is 0 Å². The van der Waals surface area contributed by atoms with Crippen LogP contribution in [0.1, 0.15) is 46.5 Å². The molecule has 2 rings (SSSR count). The van der Waals surface area contributed by atoms with E-state index in [2.05, 4.69) is 31.1 Å². The molecule has 1 saturated heterocycles. The molecule has 24 heavy (non-hydrogen) atoms. The average molecular weight is 383 g/mol. The highest BCUT2D eigenvalue weighted by atomic mass is 35.5. The number of rotatable bonds is 4. The zero-order valence-electron chi connectivity index (χ0n) is 15.0. The molecule has 4 atom stereocenters. The van der Waals surface area contributed by atoms with Crippen molar-refractivity contribution in [1.82, 2.24) is 15.1 Å². The standard InChI is InChI=1S/C16H30N4O2.2ClH/c1-10(2)19(4)12-5-6-15(14(9-12)18-11(3)21)20-8-7-13(17)16(20)22;;/h10,12-15H,5-9,17H2,1-4H3,(H,18,21);2*1H/t12-,13+,14-,15+;;/m1../s1. The van der Waals surface area contributed by atoms with Gasteiger partial charge in [0.1, 0.15) is 0 Å². The summed E-state index contributed by atoms with van der Waals surface area (Å²) in [7, 11) is 2.14. The molecule has 142 valence electrons. The summed E-state index contributed by atoms with van der Waals surface area (Å²) in [6.45, 7) is 6.63. The van der Waals surface area contributed by atoms with Crippen LogP contribution in [0.2, 0.25) is 0 Å². The third-order valence-electron chi connectivity index (χ3n) is 5.25. The van der Waals surface area contributed by atoms with Crippen molar-refractivity contribution in [3.63, 3.8) is 0 Å². The Morgan fingerprint density at radius 2 is 1.92 bits per heavy atom. The molecule has 1 aliphatic carbocycles. The van der Waals surface area contributed by atoms with Crippen LogP contribution in [0.4, 0.5) is 0 Å². The van der Waals surface area contributed by atoms with Gasteiger partial charge in [0, 0.05) is 25.6 Å². The fraction of sp³-hybridized carbons (Fsp3) is 0.875. The van der Waals surface area contributed by atoms with Crippen LogP contribution in [0, 0.1) is 0 Å². The molecule has 8 heteroatoms. The fourth-order valence-corrected chi connectivity index (χ4v) is 3.77. The second-order valence-electron chi connectivity index (χ2n) is 7.03. The molecule has 0 unspecified atom stereocenters. The Morgan fingerprint density at radius 1 is 1.29 bits per heavy atom. The van der Waals surface area contributed by atoms with Crippen LogP contribution < -0.4 is 11.1 Å². The van der Waals surface area contributed by atoms with Crippen molar-refractivity contribution in [2.45, 2.75) is 76.7 Å². The van der Waals surface area contributed by atoms with E-state index < -0.39 is 0 Å². The number of hydrogen-bond donors (Lipinski definition) is 2. The minimum atomic E-state index is -0.367. The molecule has 0 radical (unpaired) electrons. The topological polar surface area (TPSA) is 78.7 Å². The van der Waals surface area contributed by atoms with Gasteiger partial charge in [-0.05, 0) is 46.6 Å². The highest BCUT2D eigenvalue weighted by Gasteiger charge is 2.41. The van der Waals surface area contributed by atoms with Crippen LogP contribution in [-0.2, 0) is 9.59 Å². The second kappa shape index (κ2) is 9.80. The van der Waals surface area contributed by atoms with Crippen LogP contribution in [0.25, 0.3) is 0 Å². The SMILES string of the molecule is CC(=O)N[C@@H]1C[C@H](N(C)C(C)C)CC[C@@H]1N1CC[C@H](N)C1=O.Cl.Cl. The van der Waals surface area contributed by atoms with E-state index in [4.69, 9.17) is 5.73 Å². The molecule has 3 N–H and O–H groups in total. The number of amides is 2. The first kappa shape index (κ1) is 23.4. The van der Waals surface area contributed by atoms with Crippen LogP contribution in [0.15, 0.2) is 0 Å². The summed E-state index contributed by atoms with van der Waals surface area (Å²) in [6, 6.07) is 0.656. The summed E-state index contributed by atoms with van der Waals surface area (Å²) in [5, 5.41) is 3.07. The molecule has 2 amide bonds. The van der Waals surface area contributed by atoms with Crippen molar-refractivity contribution < 1.29 is 9.59 Å². The van der Waals surface area contributed by atoms with E-state index in [-0.39, 0.29) is 54.8 Å². The van der Waals surface area contributed by atoms with Crippen LogP contribution in [0.3, 0.4) is 0 Å². The number of carbonyl (C=O) groups excluding carboxylic acids is 2. The molecule has 6 nitrogen and oxygen atoms in total. The lowest BCUT2D eigenvalue weighted by molar-refractivity contribution is -0.133. The van der Waals surface area contributed by atoms with Gasteiger partial charge in [-0.1, -0.05) is 0 Å². The van der Waals surface area contributed by atoms with E-state index in [1.54, 1.807) is 6.92 Å². The first-order chi connectivity index (χ1) is 10.3. The summed E-state index contributed by atoms with van der Waals surface area (Å²) < 4.78 is 0. The molecule has 0 spiro atoms. The molecular formula is C16H32Cl2N4O2. The van der Waals surface area contributed by atoms with E-state index >= 15 is 0 Å². The lowest BCUT2D eigenvalue weighted by atomic mass is 9.84. The third kappa shape index (κ3) is 5.22. The van der Waals surface area contributed by atoms with Gasteiger partial charge in [0.2, 0.25) is 11.8 Å². The summed E-state index contributed by atoms with van der Waals surface area (Å²) in [5.74, 6) is 0.00908. The van der Waals surface area contributed by atoms with Crippen molar-refractivity contribution in [2.75, 3.05) is 13.6 Å². The third-order valence-corrected chi connectivity index (χ3v) is 5.25. The predicted molar refractivity (Wildman–Crippen MR) is 101 cm³/mol. The Kier molecular flexibility index (Phi) is 9.57. The van der Waals surface area contributed by atoms with Crippen LogP contribution in [-0.4, -0.2) is 65.4 Å². The summed E-state index contributed by atoms with van der Waals surface area (Å²) in [5.41, 5.74) is 5.85. The van der Waals surface area contributed by atoms with Gasteiger partial charge < -0.3 is 20.9 Å². The molecule has 2 fully saturated rings. The molecule has 0 aromatic rings. The quantitative estimate of drug-likeness (QED) is 0.764. The Hall–Kier alpha value is -0.560. The maximum atomic E-state index is 12.2. The van der Waals surface area contributed by atoms with Gasteiger partial charge in [0.05, 0.1) is 18.1 Å². The first-order valence-electron chi connectivity index (χ1n) is 8.36. The first-order valence-corrected chi connectivity index (χ1v) is 8.36. The summed E-state index contributed by atoms with van der Waals surface area (Å²) in [6.07, 6.45) is 3.58. The maximum Gasteiger partial charge on any atom is 0.239 e. The normalized spacial score (nSPS) is 30.1. The molecule has 1 aliphatic heterocycles. The Morgan fingerprint density at radius 3 is 2.38 bits per heavy atom. The Balaban J connectivity index is 0.00000264. The van der Waals surface area contributed by atoms with E-state index in [0.29, 0.717) is 18.6 Å². The molecule has 2 aliphatic rings. The minimum Gasteiger partial charge on any atom is -0.351 e. The predicted octanol–water partition coefficient (Wildman–Crippen LogP) is 1.16. The molecule has 0 aromatic carbocycles. The average Bonchev–Trinajstić information content (AvgIpc) is 2.77. The number of carbonyl (C=O) groups is 2. The number of halogens is 2. The monoisotopic (exact) mass is 382 g/mol. The van der Waals surface area contributed by atoms with E-state index in [1.807, 2.05) is 4.90 Å². The van der Waals surface area contributed by atoms with Gasteiger partial charge in [-0.15, -0.1) is 24.8 Å². The van der Waals surface area contributed by atoms with E-state index in [9.17, 15) is 9.59 Å². The smallest absolute Gasteiger partial charge is 0.239 e. The molecule has 0 aromatic heterocycles. The Bertz CT molecular complexity index is 436. The maximum absolute atomic E-state index is 12.2. The van der Waals surface area contributed by atoms with Crippen molar-refractivity contribution in [3.05, 3.63) is 0 Å². The van der Waals surface area contributed by atoms with Crippen LogP contribution in [0.5, 0.6) is 0 Å². The van der Waals surface area contributed by atoms with E-state index in [1.165, 1.54) is 0 Å². The zero-order chi connectivity index (χ0) is 16.4. The van der Waals surface area contributed by atoms with Crippen molar-refractivity contribution in [3.8, 4) is 0 Å². The highest BCUT2D eigenvalue weighted by Crippen LogP contribution is 2.29. The summed E-state index contributed by atoms with van der Waals surface area (Å²) in [4.78, 5) is 28.1. The lowest BCUT2D eigenvalue weighted by Crippen LogP contribution is -2.58. The van der Waals surface area contributed by atoms with Gasteiger partial charge in [-0.25, -0.2) is 0 Å². The molecule has 1 saturated carbocycles. The van der Waals surface area contributed by atoms with Crippen molar-refractivity contribution >= 4 is 36.6 Å². The van der Waals surface area contributed by atoms with Gasteiger partial charge in [0.25, 0.3) is 0 Å². The van der Waals surface area contributed by atoms with Gasteiger partial charge >= 0.3 is 0 Å². The van der Waals surface area contributed by atoms with Gasteiger partial charge in [-0.2, -0.15) is 0 Å². The van der Waals surface area contributed by atoms with Gasteiger partial charge in [-0.3, -0.25) is 9.59 Å². The van der Waals surface area contributed by atoms with Crippen LogP contribution >= 0.6 is 24.8 Å². The van der Waals surface area contributed by atoms with E-state index in [0.717, 1.165) is 25.7 Å². The summed E-state index contributed by atoms with van der Waals surface area (Å²) >= 11 is 0. The molecule has 0 bridgehead atoms.